The molecule has 0 aliphatic rings. The first-order chi connectivity index (χ1) is 46.8. The van der Waals surface area contributed by atoms with Gasteiger partial charge in [-0.15, -0.1) is 0 Å². The first kappa shape index (κ1) is 94.3. The van der Waals surface area contributed by atoms with Crippen LogP contribution in [0.5, 0.6) is 0 Å². The van der Waals surface area contributed by atoms with Gasteiger partial charge in [0.2, 0.25) is 35.4 Å². The number of carbonyl (C=O) groups excluding carboxylic acids is 9. The number of nitrogens with one attached hydrogen (secondary N) is 3. The summed E-state index contributed by atoms with van der Waals surface area (Å²) in [6.07, 6.45) is 30.0. The fraction of sp³-hybridized carbons (Fsp3) is 0.875. The Bertz CT molecular complexity index is 1870. The highest BCUT2D eigenvalue weighted by molar-refractivity contribution is 8.77. The fourth-order valence-corrected chi connectivity index (χ4v) is 17.6. The van der Waals surface area contributed by atoms with Gasteiger partial charge in [-0.2, -0.15) is 0 Å². The van der Waals surface area contributed by atoms with E-state index in [1.165, 1.54) is 150 Å². The van der Waals surface area contributed by atoms with Gasteiger partial charge in [0.25, 0.3) is 0 Å². The van der Waals surface area contributed by atoms with Crippen molar-refractivity contribution in [3.05, 3.63) is 0 Å². The van der Waals surface area contributed by atoms with E-state index >= 15 is 0 Å². The zero-order valence-corrected chi connectivity index (χ0v) is 67.3. The van der Waals surface area contributed by atoms with Gasteiger partial charge in [-0.1, -0.05) is 262 Å². The number of hydrogen-bond acceptors (Lipinski definition) is 19. The Labute approximate surface area is 612 Å². The summed E-state index contributed by atoms with van der Waals surface area (Å²) in [6, 6.07) is -3.02. The molecule has 0 heterocycles. The Balaban J connectivity index is 6.62. The number of unbranched alkanes of at least 4 members (excludes halogenated alkanes) is 21. The van der Waals surface area contributed by atoms with Gasteiger partial charge in [0.1, 0.15) is 37.8 Å². The van der Waals surface area contributed by atoms with E-state index in [-0.39, 0.29) is 133 Å². The summed E-state index contributed by atoms with van der Waals surface area (Å²) < 4.78 is 15.9. The third-order valence-corrected chi connectivity index (χ3v) is 23.8. The van der Waals surface area contributed by atoms with Crippen molar-refractivity contribution in [2.24, 2.45) is 17.8 Å². The van der Waals surface area contributed by atoms with Crippen LogP contribution in [0.15, 0.2) is 0 Å². The van der Waals surface area contributed by atoms with Crippen molar-refractivity contribution >= 4 is 118 Å². The first-order valence-electron chi connectivity index (χ1n) is 37.4. The van der Waals surface area contributed by atoms with Crippen molar-refractivity contribution in [3.8, 4) is 0 Å². The Morgan fingerprint density at radius 1 is 0.309 bits per heavy atom. The maximum absolute atomic E-state index is 14.4. The van der Waals surface area contributed by atoms with E-state index in [1.807, 2.05) is 46.4 Å². The van der Waals surface area contributed by atoms with E-state index in [9.17, 15) is 43.2 Å². The van der Waals surface area contributed by atoms with E-state index < -0.39 is 53.8 Å². The van der Waals surface area contributed by atoms with Crippen LogP contribution in [0.1, 0.15) is 256 Å². The number of esters is 3. The van der Waals surface area contributed by atoms with Gasteiger partial charge in [0.15, 0.2) is 0 Å². The lowest BCUT2D eigenvalue weighted by molar-refractivity contribution is -0.153. The van der Waals surface area contributed by atoms with E-state index in [0.29, 0.717) is 17.3 Å². The van der Waals surface area contributed by atoms with Crippen molar-refractivity contribution in [2.75, 3.05) is 113 Å². The summed E-state index contributed by atoms with van der Waals surface area (Å²) in [5.41, 5.74) is 0. The molecule has 97 heavy (non-hydrogen) atoms. The Hall–Kier alpha value is -2.71. The van der Waals surface area contributed by atoms with Gasteiger partial charge in [-0.05, 0) is 57.8 Å². The topological polar surface area (TPSA) is 230 Å². The van der Waals surface area contributed by atoms with Crippen molar-refractivity contribution in [1.82, 2.24) is 35.6 Å². The molecule has 19 nitrogen and oxygen atoms in total. The smallest absolute Gasteiger partial charge is 0.325 e. The molecule has 25 heteroatoms. The molecule has 0 aromatic rings. The molecule has 3 unspecified atom stereocenters. The van der Waals surface area contributed by atoms with Crippen molar-refractivity contribution in [1.29, 1.82) is 0 Å². The van der Waals surface area contributed by atoms with Crippen LogP contribution >= 0.6 is 64.8 Å². The Kier molecular flexibility index (Phi) is 62.4. The summed E-state index contributed by atoms with van der Waals surface area (Å²) >= 11 is 0. The summed E-state index contributed by atoms with van der Waals surface area (Å²) in [5, 5.41) is 9.06. The number of amides is 6. The lowest BCUT2D eigenvalue weighted by Crippen LogP contribution is -2.56. The largest absolute Gasteiger partial charge is 0.465 e. The number of hydrogen-bond donors (Lipinski definition) is 3. The average molecular weight is 1480 g/mol. The summed E-state index contributed by atoms with van der Waals surface area (Å²) in [7, 11) is 10.1. The standard InChI is InChI=1S/C72H135N7O12S6/c1-13-19-22-25-28-31-34-37-49-92-95-52-40-61(80)77(55-64(83)89-16-4)67(58(7)8)70(86)73-43-46-76(47-44-74-71(87)68(59(9)10)78(56-65(84)90-17-5)62(81)41-53-96-93-50-38-35-32-29-26-23-20-14-2)48-45-75-72(88)69(60(11)12)79(57-66(85)91-18-6)63(82)42-54-97-94-51-39-36-33-30-27-24-21-15-3/h58-60,67-69H,13-57H2,1-12H3,(H,73,86)(H,74,87)(H,75,88). The lowest BCUT2D eigenvalue weighted by Gasteiger charge is -2.34. The second kappa shape index (κ2) is 64.2. The van der Waals surface area contributed by atoms with Crippen LogP contribution in [0, 0.1) is 17.8 Å². The molecule has 6 amide bonds. The molecule has 0 aromatic carbocycles. The highest BCUT2D eigenvalue weighted by atomic mass is 33.1. The molecule has 0 aromatic heterocycles. The van der Waals surface area contributed by atoms with Crippen LogP contribution in [-0.2, 0) is 57.4 Å². The molecule has 0 spiro atoms. The molecular formula is C72H135N7O12S6. The van der Waals surface area contributed by atoms with Crippen molar-refractivity contribution < 1.29 is 57.4 Å². The monoisotopic (exact) mass is 1480 g/mol. The highest BCUT2D eigenvalue weighted by Gasteiger charge is 2.37. The van der Waals surface area contributed by atoms with Gasteiger partial charge >= 0.3 is 17.9 Å². The molecule has 0 bridgehead atoms. The van der Waals surface area contributed by atoms with E-state index in [1.54, 1.807) is 85.5 Å². The molecule has 0 aliphatic carbocycles. The van der Waals surface area contributed by atoms with Gasteiger partial charge in [-0.3, -0.25) is 48.1 Å². The van der Waals surface area contributed by atoms with E-state index in [4.69, 9.17) is 14.2 Å². The molecule has 566 valence electrons. The second-order valence-corrected chi connectivity index (χ2v) is 34.0. The maximum Gasteiger partial charge on any atom is 0.325 e. The molecule has 0 radical (unpaired) electrons. The minimum Gasteiger partial charge on any atom is -0.465 e. The zero-order valence-electron chi connectivity index (χ0n) is 62.4. The Morgan fingerprint density at radius 2 is 0.526 bits per heavy atom. The highest BCUT2D eigenvalue weighted by Crippen LogP contribution is 2.28. The van der Waals surface area contributed by atoms with Crippen LogP contribution in [0.4, 0.5) is 0 Å². The van der Waals surface area contributed by atoms with Gasteiger partial charge in [0.05, 0.1) is 19.8 Å². The molecular weight excluding hydrogens is 1350 g/mol. The summed E-state index contributed by atoms with van der Waals surface area (Å²) in [6.45, 7) is 22.8. The third kappa shape index (κ3) is 48.7. The van der Waals surface area contributed by atoms with Crippen molar-refractivity contribution in [2.45, 2.75) is 275 Å². The SMILES string of the molecule is CCCCCCCCCCSSCCC(=O)N(CC(=O)OCC)C(C(=O)NCCN(CCNC(=O)C(C(C)C)N(CC(=O)OCC)C(=O)CCSSCCCCCCCCCC)CCNC(=O)C(C(C)C)N(CC(=O)OCC)C(=O)CCSSCCCCCCCCCC)C(C)C. The van der Waals surface area contributed by atoms with Crippen LogP contribution < -0.4 is 16.0 Å². The Morgan fingerprint density at radius 3 is 0.742 bits per heavy atom. The van der Waals surface area contributed by atoms with E-state index in [2.05, 4.69) is 36.7 Å². The third-order valence-electron chi connectivity index (χ3n) is 16.4. The average Bonchev–Trinajstić information content (AvgIpc) is 0.879. The summed E-state index contributed by atoms with van der Waals surface area (Å²) in [4.78, 5) is 131. The quantitative estimate of drug-likeness (QED) is 0.0222. The zero-order chi connectivity index (χ0) is 72.3. The van der Waals surface area contributed by atoms with Crippen LogP contribution in [-0.4, -0.2) is 204 Å². The first-order valence-corrected chi connectivity index (χ1v) is 44.9. The van der Waals surface area contributed by atoms with Gasteiger partial charge in [-0.25, -0.2) is 0 Å². The number of carbonyl (C=O) groups is 9. The predicted octanol–water partition coefficient (Wildman–Crippen LogP) is 14.6. The van der Waals surface area contributed by atoms with Crippen LogP contribution in [0.25, 0.3) is 0 Å². The number of rotatable bonds is 66. The molecule has 0 fully saturated rings. The number of ether oxygens (including phenoxy) is 3. The van der Waals surface area contributed by atoms with E-state index in [0.717, 1.165) is 36.5 Å². The molecule has 0 aliphatic heterocycles. The second-order valence-electron chi connectivity index (χ2n) is 25.9. The fourth-order valence-electron chi connectivity index (χ4n) is 11.2. The summed E-state index contributed by atoms with van der Waals surface area (Å²) in [5.74, 6) is -0.873. The molecule has 0 saturated heterocycles. The molecule has 3 N–H and O–H groups in total. The lowest BCUT2D eigenvalue weighted by atomic mass is 10.0. The van der Waals surface area contributed by atoms with Gasteiger partial charge < -0.3 is 44.9 Å². The molecule has 0 saturated carbocycles. The normalized spacial score (nSPS) is 12.4. The van der Waals surface area contributed by atoms with Crippen LogP contribution in [0.3, 0.4) is 0 Å². The minimum absolute atomic E-state index is 0.0777. The maximum atomic E-state index is 14.4. The molecule has 3 atom stereocenters. The predicted molar refractivity (Wildman–Crippen MR) is 413 cm³/mol. The van der Waals surface area contributed by atoms with Gasteiger partial charge in [0, 0.05) is 93.0 Å². The number of nitrogens with zero attached hydrogens (tertiary/aromatic N) is 4. The molecule has 0 rings (SSSR count). The van der Waals surface area contributed by atoms with Crippen LogP contribution in [0.2, 0.25) is 0 Å². The minimum atomic E-state index is -1.01. The van der Waals surface area contributed by atoms with Crippen molar-refractivity contribution in [3.63, 3.8) is 0 Å².